The number of piperidine rings is 1. The van der Waals surface area contributed by atoms with Crippen molar-refractivity contribution in [2.45, 2.75) is 32.4 Å². The molecule has 24 heavy (non-hydrogen) atoms. The smallest absolute Gasteiger partial charge is 0.404 e. The normalized spacial score (nSPS) is 16.4. The third-order valence-electron chi connectivity index (χ3n) is 4.74. The van der Waals surface area contributed by atoms with Crippen LogP contribution in [0.5, 0.6) is 0 Å². The number of hydrogen-bond acceptors (Lipinski definition) is 3. The standard InChI is InChI=1S/C18H23N3O3/c1-13-12-14-4-2-3-5-16(14)21(17(13)22)11-10-20-8-6-15(7-9-20)19-18(23)24/h2-5,12,15,19H,6-11H2,1H3,(H,23,24). The molecule has 1 fully saturated rings. The summed E-state index contributed by atoms with van der Waals surface area (Å²) in [5.41, 5.74) is 1.80. The Morgan fingerprint density at radius 1 is 1.25 bits per heavy atom. The van der Waals surface area contributed by atoms with Gasteiger partial charge in [-0.25, -0.2) is 4.79 Å². The van der Waals surface area contributed by atoms with E-state index in [1.54, 1.807) is 0 Å². The maximum absolute atomic E-state index is 12.5. The van der Waals surface area contributed by atoms with E-state index in [0.29, 0.717) is 6.54 Å². The lowest BCUT2D eigenvalue weighted by Crippen LogP contribution is -2.45. The van der Waals surface area contributed by atoms with Gasteiger partial charge in [0.2, 0.25) is 0 Å². The van der Waals surface area contributed by atoms with E-state index in [-0.39, 0.29) is 11.6 Å². The van der Waals surface area contributed by atoms with Crippen LogP contribution in [0.3, 0.4) is 0 Å². The van der Waals surface area contributed by atoms with E-state index in [1.807, 2.05) is 41.8 Å². The van der Waals surface area contributed by atoms with Crippen LogP contribution >= 0.6 is 0 Å². The maximum atomic E-state index is 12.5. The first-order chi connectivity index (χ1) is 11.5. The number of likely N-dealkylation sites (tertiary alicyclic amines) is 1. The molecule has 1 amide bonds. The molecule has 3 rings (SSSR count). The van der Waals surface area contributed by atoms with Crippen LogP contribution in [0.2, 0.25) is 0 Å². The second kappa shape index (κ2) is 7.05. The second-order valence-electron chi connectivity index (χ2n) is 6.41. The number of amides is 1. The number of rotatable bonds is 4. The van der Waals surface area contributed by atoms with E-state index in [9.17, 15) is 9.59 Å². The minimum atomic E-state index is -0.953. The summed E-state index contributed by atoms with van der Waals surface area (Å²) < 4.78 is 1.85. The fourth-order valence-electron chi connectivity index (χ4n) is 3.41. The molecule has 2 heterocycles. The van der Waals surface area contributed by atoms with E-state index >= 15 is 0 Å². The summed E-state index contributed by atoms with van der Waals surface area (Å²) in [6.07, 6.45) is 0.678. The second-order valence-corrected chi connectivity index (χ2v) is 6.41. The Morgan fingerprint density at radius 3 is 2.67 bits per heavy atom. The van der Waals surface area contributed by atoms with Crippen LogP contribution in [0.1, 0.15) is 18.4 Å². The largest absolute Gasteiger partial charge is 0.465 e. The highest BCUT2D eigenvalue weighted by molar-refractivity contribution is 5.79. The summed E-state index contributed by atoms with van der Waals surface area (Å²) in [4.78, 5) is 25.5. The number of nitrogens with one attached hydrogen (secondary N) is 1. The summed E-state index contributed by atoms with van der Waals surface area (Å²) in [6, 6.07) is 9.94. The topological polar surface area (TPSA) is 74.6 Å². The SMILES string of the molecule is Cc1cc2ccccc2n(CCN2CCC(NC(=O)O)CC2)c1=O. The van der Waals surface area contributed by atoms with Crippen molar-refractivity contribution in [2.75, 3.05) is 19.6 Å². The van der Waals surface area contributed by atoms with Gasteiger partial charge in [-0.15, -0.1) is 0 Å². The third kappa shape index (κ3) is 3.59. The average Bonchev–Trinajstić information content (AvgIpc) is 2.56. The van der Waals surface area contributed by atoms with Crippen molar-refractivity contribution in [3.63, 3.8) is 0 Å². The van der Waals surface area contributed by atoms with Crippen molar-refractivity contribution in [2.24, 2.45) is 0 Å². The van der Waals surface area contributed by atoms with E-state index in [2.05, 4.69) is 10.2 Å². The number of carbonyl (C=O) groups is 1. The van der Waals surface area contributed by atoms with Gasteiger partial charge in [-0.05, 0) is 37.3 Å². The molecule has 1 aliphatic rings. The number of benzene rings is 1. The molecule has 0 unspecified atom stereocenters. The van der Waals surface area contributed by atoms with Gasteiger partial charge in [-0.2, -0.15) is 0 Å². The van der Waals surface area contributed by atoms with Crippen LogP contribution in [0.4, 0.5) is 4.79 Å². The summed E-state index contributed by atoms with van der Waals surface area (Å²) in [5, 5.41) is 12.4. The molecule has 0 radical (unpaired) electrons. The zero-order chi connectivity index (χ0) is 17.1. The molecule has 0 bridgehead atoms. The number of para-hydroxylation sites is 1. The summed E-state index contributed by atoms with van der Waals surface area (Å²) in [6.45, 7) is 5.01. The lowest BCUT2D eigenvalue weighted by Gasteiger charge is -2.32. The molecule has 1 aliphatic heterocycles. The van der Waals surface area contributed by atoms with Crippen molar-refractivity contribution in [3.05, 3.63) is 46.2 Å². The number of fused-ring (bicyclic) bond motifs is 1. The van der Waals surface area contributed by atoms with E-state index in [0.717, 1.165) is 48.9 Å². The molecule has 0 saturated carbocycles. The molecule has 1 aromatic heterocycles. The first kappa shape index (κ1) is 16.5. The number of pyridine rings is 1. The minimum absolute atomic E-state index is 0.0428. The van der Waals surface area contributed by atoms with Crippen molar-refractivity contribution in [1.82, 2.24) is 14.8 Å². The highest BCUT2D eigenvalue weighted by atomic mass is 16.4. The van der Waals surface area contributed by atoms with Gasteiger partial charge in [0.1, 0.15) is 0 Å². The lowest BCUT2D eigenvalue weighted by atomic mass is 10.1. The molecule has 6 heteroatoms. The van der Waals surface area contributed by atoms with Gasteiger partial charge in [-0.1, -0.05) is 18.2 Å². The van der Waals surface area contributed by atoms with Gasteiger partial charge < -0.3 is 19.9 Å². The Hall–Kier alpha value is -2.34. The predicted molar refractivity (Wildman–Crippen MR) is 93.6 cm³/mol. The van der Waals surface area contributed by atoms with Crippen LogP contribution in [0, 0.1) is 6.92 Å². The summed E-state index contributed by atoms with van der Waals surface area (Å²) >= 11 is 0. The fraction of sp³-hybridized carbons (Fsp3) is 0.444. The van der Waals surface area contributed by atoms with Crippen molar-refractivity contribution in [1.29, 1.82) is 0 Å². The van der Waals surface area contributed by atoms with Gasteiger partial charge in [0.05, 0.1) is 5.52 Å². The van der Waals surface area contributed by atoms with Gasteiger partial charge in [0.15, 0.2) is 0 Å². The van der Waals surface area contributed by atoms with Crippen molar-refractivity contribution >= 4 is 17.0 Å². The molecule has 2 aromatic rings. The van der Waals surface area contributed by atoms with Crippen LogP contribution in [0.15, 0.2) is 35.1 Å². The molecule has 1 saturated heterocycles. The molecule has 0 atom stereocenters. The quantitative estimate of drug-likeness (QED) is 0.900. The summed E-state index contributed by atoms with van der Waals surface area (Å²) in [5.74, 6) is 0. The lowest BCUT2D eigenvalue weighted by molar-refractivity contribution is 0.166. The van der Waals surface area contributed by atoms with E-state index in [4.69, 9.17) is 5.11 Å². The Kier molecular flexibility index (Phi) is 4.85. The van der Waals surface area contributed by atoms with Gasteiger partial charge >= 0.3 is 6.09 Å². The highest BCUT2D eigenvalue weighted by Crippen LogP contribution is 2.14. The first-order valence-corrected chi connectivity index (χ1v) is 8.35. The van der Waals surface area contributed by atoms with Crippen LogP contribution in [0.25, 0.3) is 10.9 Å². The predicted octanol–water partition coefficient (Wildman–Crippen LogP) is 2.04. The Balaban J connectivity index is 1.68. The molecule has 1 aromatic carbocycles. The number of aryl methyl sites for hydroxylation is 1. The van der Waals surface area contributed by atoms with Crippen LogP contribution in [-0.2, 0) is 6.54 Å². The molecule has 0 spiro atoms. The minimum Gasteiger partial charge on any atom is -0.465 e. The number of hydrogen-bond donors (Lipinski definition) is 2. The fourth-order valence-corrected chi connectivity index (χ4v) is 3.41. The number of aromatic nitrogens is 1. The molecular formula is C18H23N3O3. The average molecular weight is 329 g/mol. The maximum Gasteiger partial charge on any atom is 0.404 e. The molecule has 6 nitrogen and oxygen atoms in total. The van der Waals surface area contributed by atoms with E-state index in [1.165, 1.54) is 0 Å². The van der Waals surface area contributed by atoms with Crippen molar-refractivity contribution < 1.29 is 9.90 Å². The Morgan fingerprint density at radius 2 is 1.96 bits per heavy atom. The van der Waals surface area contributed by atoms with Gasteiger partial charge in [0, 0.05) is 37.8 Å². The molecule has 128 valence electrons. The first-order valence-electron chi connectivity index (χ1n) is 8.35. The highest BCUT2D eigenvalue weighted by Gasteiger charge is 2.20. The molecular weight excluding hydrogens is 306 g/mol. The third-order valence-corrected chi connectivity index (χ3v) is 4.74. The van der Waals surface area contributed by atoms with Crippen LogP contribution in [-0.4, -0.2) is 46.3 Å². The number of carboxylic acid groups (broad SMARTS) is 1. The van der Waals surface area contributed by atoms with Crippen LogP contribution < -0.4 is 10.9 Å². The number of nitrogens with zero attached hydrogens (tertiary/aromatic N) is 2. The van der Waals surface area contributed by atoms with Gasteiger partial charge in [-0.3, -0.25) is 4.79 Å². The zero-order valence-corrected chi connectivity index (χ0v) is 13.9. The van der Waals surface area contributed by atoms with Crippen molar-refractivity contribution in [3.8, 4) is 0 Å². The zero-order valence-electron chi connectivity index (χ0n) is 13.9. The Bertz CT molecular complexity index is 792. The molecule has 0 aliphatic carbocycles. The monoisotopic (exact) mass is 329 g/mol. The van der Waals surface area contributed by atoms with Gasteiger partial charge in [0.25, 0.3) is 5.56 Å². The summed E-state index contributed by atoms with van der Waals surface area (Å²) in [7, 11) is 0. The Labute approximate surface area is 140 Å². The molecule has 2 N–H and O–H groups in total. The van der Waals surface area contributed by atoms with E-state index < -0.39 is 6.09 Å².